The van der Waals surface area contributed by atoms with Crippen LogP contribution in [-0.4, -0.2) is 51.0 Å². The lowest BCUT2D eigenvalue weighted by Gasteiger charge is -2.33. The lowest BCUT2D eigenvalue weighted by Crippen LogP contribution is -2.52. The van der Waals surface area contributed by atoms with Crippen LogP contribution in [0.25, 0.3) is 0 Å². The maximum atomic E-state index is 13.9. The molecule has 3 aromatic carbocycles. The van der Waals surface area contributed by atoms with Crippen LogP contribution in [0.2, 0.25) is 10.0 Å². The summed E-state index contributed by atoms with van der Waals surface area (Å²) in [7, 11) is -2.44. The average Bonchev–Trinajstić information content (AvgIpc) is 2.85. The molecule has 0 aliphatic rings. The monoisotopic (exact) mass is 625 g/mol. The Labute approximate surface area is 235 Å². The van der Waals surface area contributed by atoms with Crippen molar-refractivity contribution in [3.8, 4) is 0 Å². The summed E-state index contributed by atoms with van der Waals surface area (Å²) in [5.41, 5.74) is 1.68. The second-order valence-electron chi connectivity index (χ2n) is 8.34. The third kappa shape index (κ3) is 7.95. The Kier molecular flexibility index (Phi) is 10.0. The largest absolute Gasteiger partial charge is 0.357 e. The normalized spacial score (nSPS) is 12.0. The molecule has 0 saturated heterocycles. The molecule has 3 rings (SSSR count). The molecule has 0 heterocycles. The van der Waals surface area contributed by atoms with Gasteiger partial charge in [-0.05, 0) is 41.5 Å². The molecule has 1 N–H and O–H groups in total. The molecule has 2 amide bonds. The van der Waals surface area contributed by atoms with Crippen molar-refractivity contribution in [3.05, 3.63) is 98.4 Å². The maximum Gasteiger partial charge on any atom is 0.244 e. The Morgan fingerprint density at radius 3 is 2.27 bits per heavy atom. The van der Waals surface area contributed by atoms with Gasteiger partial charge in [-0.2, -0.15) is 0 Å². The molecular weight excluding hydrogens is 601 g/mol. The fourth-order valence-corrected chi connectivity index (χ4v) is 5.56. The molecule has 0 radical (unpaired) electrons. The van der Waals surface area contributed by atoms with Gasteiger partial charge >= 0.3 is 0 Å². The first-order valence-corrected chi connectivity index (χ1v) is 14.6. The minimum atomic E-state index is -3.94. The highest BCUT2D eigenvalue weighted by atomic mass is 79.9. The number of hydrogen-bond acceptors (Lipinski definition) is 4. The van der Waals surface area contributed by atoms with Crippen LogP contribution in [0.15, 0.2) is 77.3 Å². The number of nitrogens with one attached hydrogen (secondary N) is 1. The summed E-state index contributed by atoms with van der Waals surface area (Å²) in [6.07, 6.45) is 1.22. The average molecular weight is 627 g/mol. The maximum absolute atomic E-state index is 13.9. The van der Waals surface area contributed by atoms with E-state index in [0.717, 1.165) is 26.2 Å². The summed E-state index contributed by atoms with van der Waals surface area (Å²) < 4.78 is 27.3. The Morgan fingerprint density at radius 1 is 0.973 bits per heavy atom. The van der Waals surface area contributed by atoms with Crippen molar-refractivity contribution in [2.75, 3.05) is 24.2 Å². The molecule has 3 aromatic rings. The summed E-state index contributed by atoms with van der Waals surface area (Å²) in [6.45, 7) is -0.501. The third-order valence-corrected chi connectivity index (χ3v) is 7.79. The summed E-state index contributed by atoms with van der Waals surface area (Å²) >= 11 is 15.8. The number of likely N-dealkylation sites (N-methyl/N-ethyl adjacent to an activating group) is 1. The molecule has 0 saturated carbocycles. The fourth-order valence-electron chi connectivity index (χ4n) is 3.82. The van der Waals surface area contributed by atoms with Gasteiger partial charge in [-0.25, -0.2) is 8.42 Å². The highest BCUT2D eigenvalue weighted by Gasteiger charge is 2.33. The van der Waals surface area contributed by atoms with Gasteiger partial charge in [-0.15, -0.1) is 0 Å². The van der Waals surface area contributed by atoms with E-state index in [0.29, 0.717) is 0 Å². The van der Waals surface area contributed by atoms with Crippen LogP contribution < -0.4 is 9.62 Å². The Morgan fingerprint density at radius 2 is 1.65 bits per heavy atom. The number of carbonyl (C=O) groups excluding carboxylic acids is 2. The number of benzene rings is 3. The molecule has 0 spiro atoms. The Balaban J connectivity index is 2.06. The van der Waals surface area contributed by atoms with Crippen molar-refractivity contribution < 1.29 is 18.0 Å². The van der Waals surface area contributed by atoms with Gasteiger partial charge in [0.05, 0.1) is 17.0 Å². The van der Waals surface area contributed by atoms with Crippen molar-refractivity contribution in [2.45, 2.75) is 19.0 Å². The number of hydrogen-bond donors (Lipinski definition) is 1. The van der Waals surface area contributed by atoms with Crippen LogP contribution in [0.5, 0.6) is 0 Å². The molecule has 37 heavy (non-hydrogen) atoms. The lowest BCUT2D eigenvalue weighted by molar-refractivity contribution is -0.139. The zero-order valence-electron chi connectivity index (χ0n) is 20.2. The molecule has 0 aromatic heterocycles. The van der Waals surface area contributed by atoms with Gasteiger partial charge in [0.25, 0.3) is 0 Å². The second-order valence-corrected chi connectivity index (χ2v) is 12.0. The molecule has 1 atom stereocenters. The van der Waals surface area contributed by atoms with Crippen molar-refractivity contribution in [2.24, 2.45) is 0 Å². The number of amides is 2. The first kappa shape index (κ1) is 29.0. The van der Waals surface area contributed by atoms with Crippen molar-refractivity contribution in [1.82, 2.24) is 10.2 Å². The van der Waals surface area contributed by atoms with Gasteiger partial charge in [0, 0.05) is 29.5 Å². The van der Waals surface area contributed by atoms with Gasteiger partial charge in [-0.3, -0.25) is 13.9 Å². The van der Waals surface area contributed by atoms with E-state index in [1.54, 1.807) is 0 Å². The molecule has 7 nitrogen and oxygen atoms in total. The molecule has 0 unspecified atom stereocenters. The minimum absolute atomic E-state index is 0.0735. The number of nitrogens with zero attached hydrogens (tertiary/aromatic N) is 2. The number of rotatable bonds is 10. The molecule has 0 bridgehead atoms. The predicted molar refractivity (Wildman–Crippen MR) is 151 cm³/mol. The van der Waals surface area contributed by atoms with Gasteiger partial charge < -0.3 is 10.2 Å². The van der Waals surface area contributed by atoms with Crippen LogP contribution in [-0.2, 0) is 32.6 Å². The van der Waals surface area contributed by atoms with Crippen LogP contribution in [0.1, 0.15) is 11.1 Å². The lowest BCUT2D eigenvalue weighted by atomic mass is 10.0. The fraction of sp³-hybridized carbons (Fsp3) is 0.231. The highest BCUT2D eigenvalue weighted by molar-refractivity contribution is 9.10. The zero-order chi connectivity index (χ0) is 27.2. The van der Waals surface area contributed by atoms with E-state index in [1.807, 2.05) is 54.6 Å². The molecule has 196 valence electrons. The van der Waals surface area contributed by atoms with Crippen LogP contribution in [0, 0.1) is 0 Å². The Hall–Kier alpha value is -2.59. The van der Waals surface area contributed by atoms with Gasteiger partial charge in [0.15, 0.2) is 0 Å². The predicted octanol–water partition coefficient (Wildman–Crippen LogP) is 4.91. The summed E-state index contributed by atoms with van der Waals surface area (Å²) in [4.78, 5) is 28.3. The van der Waals surface area contributed by atoms with Crippen LogP contribution in [0.3, 0.4) is 0 Å². The zero-order valence-corrected chi connectivity index (χ0v) is 24.1. The molecule has 11 heteroatoms. The van der Waals surface area contributed by atoms with Gasteiger partial charge in [0.1, 0.15) is 12.6 Å². The summed E-state index contributed by atoms with van der Waals surface area (Å²) in [6, 6.07) is 20.1. The van der Waals surface area contributed by atoms with E-state index < -0.39 is 28.5 Å². The SMILES string of the molecule is CNC(=O)[C@H](Cc1ccccc1)N(Cc1cccc(Br)c1)C(=O)CN(c1cc(Cl)ccc1Cl)S(C)(=O)=O. The minimum Gasteiger partial charge on any atom is -0.357 e. The van der Waals surface area contributed by atoms with E-state index in [4.69, 9.17) is 23.2 Å². The summed E-state index contributed by atoms with van der Waals surface area (Å²) in [5.74, 6) is -0.954. The molecule has 0 aliphatic heterocycles. The Bertz CT molecular complexity index is 1370. The number of halogens is 3. The van der Waals surface area contributed by atoms with Gasteiger partial charge in [-0.1, -0.05) is 81.6 Å². The third-order valence-electron chi connectivity index (χ3n) is 5.62. The van der Waals surface area contributed by atoms with E-state index in [9.17, 15) is 18.0 Å². The van der Waals surface area contributed by atoms with E-state index >= 15 is 0 Å². The summed E-state index contributed by atoms with van der Waals surface area (Å²) in [5, 5.41) is 3.02. The van der Waals surface area contributed by atoms with Crippen molar-refractivity contribution >= 4 is 66.7 Å². The number of anilines is 1. The number of sulfonamides is 1. The standard InChI is InChI=1S/C26H26BrCl2N3O4S/c1-30-26(34)24(14-18-7-4-3-5-8-18)31(16-19-9-6-10-20(27)13-19)25(33)17-32(37(2,35)36)23-15-21(28)11-12-22(23)29/h3-13,15,24H,14,16-17H2,1-2H3,(H,30,34)/t24-/m0/s1. The van der Waals surface area contributed by atoms with Crippen molar-refractivity contribution in [1.29, 1.82) is 0 Å². The highest BCUT2D eigenvalue weighted by Crippen LogP contribution is 2.31. The van der Waals surface area contributed by atoms with E-state index in [2.05, 4.69) is 21.2 Å². The van der Waals surface area contributed by atoms with Crippen LogP contribution >= 0.6 is 39.1 Å². The quantitative estimate of drug-likeness (QED) is 0.347. The molecule has 0 fully saturated rings. The second kappa shape index (κ2) is 12.8. The van der Waals surface area contributed by atoms with Crippen molar-refractivity contribution in [3.63, 3.8) is 0 Å². The van der Waals surface area contributed by atoms with E-state index in [1.165, 1.54) is 30.1 Å². The smallest absolute Gasteiger partial charge is 0.244 e. The van der Waals surface area contributed by atoms with Crippen LogP contribution in [0.4, 0.5) is 5.69 Å². The number of carbonyl (C=O) groups is 2. The first-order valence-electron chi connectivity index (χ1n) is 11.2. The molecular formula is C26H26BrCl2N3O4S. The van der Waals surface area contributed by atoms with Gasteiger partial charge in [0.2, 0.25) is 21.8 Å². The topological polar surface area (TPSA) is 86.8 Å². The molecule has 0 aliphatic carbocycles. The first-order chi connectivity index (χ1) is 17.5. The van der Waals surface area contributed by atoms with E-state index in [-0.39, 0.29) is 34.6 Å².